The second-order valence-corrected chi connectivity index (χ2v) is 7.18. The lowest BCUT2D eigenvalue weighted by Gasteiger charge is -2.09. The molecule has 0 saturated carbocycles. The molecule has 0 aliphatic heterocycles. The van der Waals surface area contributed by atoms with E-state index in [1.807, 2.05) is 30.5 Å². The Morgan fingerprint density at radius 2 is 2.07 bits per heavy atom. The Balaban J connectivity index is 1.69. The lowest BCUT2D eigenvalue weighted by atomic mass is 10.2. The van der Waals surface area contributed by atoms with Crippen molar-refractivity contribution in [2.45, 2.75) is 13.5 Å². The van der Waals surface area contributed by atoms with Crippen LogP contribution in [0.4, 0.5) is 0 Å². The van der Waals surface area contributed by atoms with Crippen LogP contribution < -0.4 is 9.47 Å². The predicted molar refractivity (Wildman–Crippen MR) is 106 cm³/mol. The second kappa shape index (κ2) is 8.96. The Labute approximate surface area is 169 Å². The highest BCUT2D eigenvalue weighted by Gasteiger charge is 2.12. The molecule has 0 spiro atoms. The third kappa shape index (κ3) is 4.84. The topological polar surface area (TPSA) is 70.5 Å². The van der Waals surface area contributed by atoms with Gasteiger partial charge in [0, 0.05) is 27.8 Å². The molecule has 0 atom stereocenters. The van der Waals surface area contributed by atoms with Crippen molar-refractivity contribution >= 4 is 33.2 Å². The Hall–Kier alpha value is -2.45. The van der Waals surface area contributed by atoms with Gasteiger partial charge in [0.15, 0.2) is 11.5 Å². The molecular formula is C19H17BrN2O4S. The molecule has 0 aliphatic carbocycles. The van der Waals surface area contributed by atoms with Gasteiger partial charge < -0.3 is 14.2 Å². The van der Waals surface area contributed by atoms with Gasteiger partial charge in [-0.2, -0.15) is 0 Å². The van der Waals surface area contributed by atoms with Crippen LogP contribution in [0.1, 0.15) is 23.0 Å². The summed E-state index contributed by atoms with van der Waals surface area (Å²) in [5.74, 6) is 0.901. The zero-order valence-electron chi connectivity index (χ0n) is 14.8. The van der Waals surface area contributed by atoms with E-state index in [1.54, 1.807) is 19.4 Å². The predicted octanol–water partition coefficient (Wildman–Crippen LogP) is 4.73. The van der Waals surface area contributed by atoms with Crippen molar-refractivity contribution in [1.29, 1.82) is 0 Å². The third-order valence-corrected chi connectivity index (χ3v) is 4.93. The van der Waals surface area contributed by atoms with E-state index < -0.39 is 5.97 Å². The number of thiazole rings is 1. The number of methoxy groups -OCH3 is 1. The maximum atomic E-state index is 12.1. The van der Waals surface area contributed by atoms with Gasteiger partial charge in [0.25, 0.3) is 0 Å². The molecule has 2 aromatic heterocycles. The van der Waals surface area contributed by atoms with Crippen molar-refractivity contribution in [3.63, 3.8) is 0 Å². The molecule has 3 rings (SSSR count). The minimum absolute atomic E-state index is 0.0933. The summed E-state index contributed by atoms with van der Waals surface area (Å²) in [7, 11) is 1.60. The summed E-state index contributed by atoms with van der Waals surface area (Å²) >= 11 is 4.75. The molecule has 8 heteroatoms. The first-order valence-corrected chi connectivity index (χ1v) is 9.81. The number of ether oxygens (including phenoxy) is 3. The maximum absolute atomic E-state index is 12.1. The number of benzene rings is 1. The SMILES string of the molecule is CCOc1ccc(-c2nc(COC(=O)c3cncc(Br)c3)cs2)cc1OC. The fourth-order valence-electron chi connectivity index (χ4n) is 2.33. The number of hydrogen-bond acceptors (Lipinski definition) is 7. The first-order valence-electron chi connectivity index (χ1n) is 8.14. The molecule has 0 N–H and O–H groups in total. The number of pyridine rings is 1. The summed E-state index contributed by atoms with van der Waals surface area (Å²) in [6.07, 6.45) is 3.07. The number of esters is 1. The molecule has 1 aromatic carbocycles. The molecule has 0 saturated heterocycles. The van der Waals surface area contributed by atoms with E-state index in [2.05, 4.69) is 25.9 Å². The van der Waals surface area contributed by atoms with E-state index in [4.69, 9.17) is 14.2 Å². The standard InChI is InChI=1S/C19H17BrN2O4S/c1-3-25-16-5-4-12(7-17(16)24-2)18-22-15(11-27-18)10-26-19(23)13-6-14(20)9-21-8-13/h4-9,11H,3,10H2,1-2H3. The van der Waals surface area contributed by atoms with Gasteiger partial charge in [0.05, 0.1) is 25.0 Å². The minimum atomic E-state index is -0.443. The van der Waals surface area contributed by atoms with E-state index in [-0.39, 0.29) is 6.61 Å². The van der Waals surface area contributed by atoms with Gasteiger partial charge in [-0.15, -0.1) is 11.3 Å². The smallest absolute Gasteiger partial charge is 0.340 e. The number of rotatable bonds is 7. The van der Waals surface area contributed by atoms with Gasteiger partial charge >= 0.3 is 5.97 Å². The number of hydrogen-bond donors (Lipinski definition) is 0. The molecule has 0 radical (unpaired) electrons. The normalized spacial score (nSPS) is 10.5. The molecule has 0 amide bonds. The molecule has 0 fully saturated rings. The molecule has 0 unspecified atom stereocenters. The van der Waals surface area contributed by atoms with Crippen LogP contribution >= 0.6 is 27.3 Å². The van der Waals surface area contributed by atoms with Gasteiger partial charge in [-0.05, 0) is 47.1 Å². The number of carbonyl (C=O) groups is 1. The highest BCUT2D eigenvalue weighted by molar-refractivity contribution is 9.10. The molecule has 2 heterocycles. The Morgan fingerprint density at radius 3 is 2.81 bits per heavy atom. The van der Waals surface area contributed by atoms with Crippen LogP contribution in [0.5, 0.6) is 11.5 Å². The van der Waals surface area contributed by atoms with Gasteiger partial charge in [0.2, 0.25) is 0 Å². The summed E-state index contributed by atoms with van der Waals surface area (Å²) < 4.78 is 16.9. The molecule has 27 heavy (non-hydrogen) atoms. The van der Waals surface area contributed by atoms with Gasteiger partial charge in [0.1, 0.15) is 11.6 Å². The third-order valence-electron chi connectivity index (χ3n) is 3.55. The lowest BCUT2D eigenvalue weighted by molar-refractivity contribution is 0.0468. The Kier molecular flexibility index (Phi) is 6.41. The first kappa shape index (κ1) is 19.3. The fourth-order valence-corrected chi connectivity index (χ4v) is 3.49. The van der Waals surface area contributed by atoms with E-state index in [0.29, 0.717) is 29.4 Å². The average Bonchev–Trinajstić information content (AvgIpc) is 3.15. The molecule has 0 bridgehead atoms. The van der Waals surface area contributed by atoms with E-state index >= 15 is 0 Å². The monoisotopic (exact) mass is 448 g/mol. The van der Waals surface area contributed by atoms with Crippen LogP contribution in [0.3, 0.4) is 0 Å². The van der Waals surface area contributed by atoms with Crippen molar-refractivity contribution in [3.8, 4) is 22.1 Å². The first-order chi connectivity index (χ1) is 13.1. The fraction of sp³-hybridized carbons (Fsp3) is 0.211. The van der Waals surface area contributed by atoms with Crippen LogP contribution in [0.25, 0.3) is 10.6 Å². The van der Waals surface area contributed by atoms with E-state index in [1.165, 1.54) is 17.5 Å². The second-order valence-electron chi connectivity index (χ2n) is 5.41. The highest BCUT2D eigenvalue weighted by Crippen LogP contribution is 2.33. The average molecular weight is 449 g/mol. The molecule has 140 valence electrons. The Bertz CT molecular complexity index is 945. The lowest BCUT2D eigenvalue weighted by Crippen LogP contribution is -2.05. The number of halogens is 1. The van der Waals surface area contributed by atoms with Gasteiger partial charge in [-0.25, -0.2) is 9.78 Å². The van der Waals surface area contributed by atoms with Crippen LogP contribution in [0, 0.1) is 0 Å². The quantitative estimate of drug-likeness (QED) is 0.486. The van der Waals surface area contributed by atoms with Gasteiger partial charge in [-0.1, -0.05) is 0 Å². The van der Waals surface area contributed by atoms with Gasteiger partial charge in [-0.3, -0.25) is 4.98 Å². The largest absolute Gasteiger partial charge is 0.493 e. The Morgan fingerprint density at radius 1 is 1.22 bits per heavy atom. The van der Waals surface area contributed by atoms with E-state index in [9.17, 15) is 4.79 Å². The summed E-state index contributed by atoms with van der Waals surface area (Å²) in [6.45, 7) is 2.58. The molecule has 6 nitrogen and oxygen atoms in total. The molecule has 3 aromatic rings. The van der Waals surface area contributed by atoms with E-state index in [0.717, 1.165) is 15.0 Å². The van der Waals surface area contributed by atoms with Crippen molar-refractivity contribution in [1.82, 2.24) is 9.97 Å². The maximum Gasteiger partial charge on any atom is 0.340 e. The van der Waals surface area contributed by atoms with Crippen LogP contribution in [0.2, 0.25) is 0 Å². The van der Waals surface area contributed by atoms with Crippen molar-refractivity contribution in [2.24, 2.45) is 0 Å². The summed E-state index contributed by atoms with van der Waals surface area (Å²) in [4.78, 5) is 20.6. The zero-order chi connectivity index (χ0) is 19.2. The summed E-state index contributed by atoms with van der Waals surface area (Å²) in [5.41, 5.74) is 1.98. The van der Waals surface area contributed by atoms with Crippen LogP contribution in [-0.2, 0) is 11.3 Å². The van der Waals surface area contributed by atoms with Crippen LogP contribution in [-0.4, -0.2) is 29.7 Å². The highest BCUT2D eigenvalue weighted by atomic mass is 79.9. The minimum Gasteiger partial charge on any atom is -0.493 e. The summed E-state index contributed by atoms with van der Waals surface area (Å²) in [5, 5.41) is 2.68. The number of carbonyl (C=O) groups excluding carboxylic acids is 1. The zero-order valence-corrected chi connectivity index (χ0v) is 17.2. The number of nitrogens with zero attached hydrogens (tertiary/aromatic N) is 2. The molecule has 0 aliphatic rings. The van der Waals surface area contributed by atoms with Crippen molar-refractivity contribution < 1.29 is 19.0 Å². The number of aromatic nitrogens is 2. The van der Waals surface area contributed by atoms with Crippen molar-refractivity contribution in [3.05, 3.63) is 57.8 Å². The van der Waals surface area contributed by atoms with Crippen molar-refractivity contribution in [2.75, 3.05) is 13.7 Å². The molecular weight excluding hydrogens is 432 g/mol. The van der Waals surface area contributed by atoms with Crippen LogP contribution in [0.15, 0.2) is 46.5 Å². The summed E-state index contributed by atoms with van der Waals surface area (Å²) in [6, 6.07) is 7.33.